The highest BCUT2D eigenvalue weighted by atomic mass is 16.4. The second-order valence-electron chi connectivity index (χ2n) is 8.73. The van der Waals surface area contributed by atoms with Gasteiger partial charge in [-0.3, -0.25) is 10.2 Å². The Labute approximate surface area is 209 Å². The van der Waals surface area contributed by atoms with E-state index >= 15 is 0 Å². The number of nitrogens with zero attached hydrogens (tertiary/aromatic N) is 1. The molecule has 0 fully saturated rings. The second kappa shape index (κ2) is 9.88. The van der Waals surface area contributed by atoms with Gasteiger partial charge in [0.1, 0.15) is 0 Å². The smallest absolute Gasteiger partial charge is 0.354 e. The molecule has 6 heteroatoms. The summed E-state index contributed by atoms with van der Waals surface area (Å²) in [7, 11) is 0. The van der Waals surface area contributed by atoms with Gasteiger partial charge in [0, 0.05) is 23.6 Å². The van der Waals surface area contributed by atoms with Crippen LogP contribution in [0.3, 0.4) is 0 Å². The summed E-state index contributed by atoms with van der Waals surface area (Å²) in [6.07, 6.45) is 3.33. The molecule has 0 radical (unpaired) electrons. The highest BCUT2D eigenvalue weighted by Gasteiger charge is 2.22. The number of carboxylic acid groups (broad SMARTS) is 1. The Hall–Kier alpha value is -4.71. The van der Waals surface area contributed by atoms with E-state index in [0.717, 1.165) is 36.3 Å². The number of rotatable bonds is 6. The van der Waals surface area contributed by atoms with Crippen LogP contribution in [0, 0.1) is 5.41 Å². The minimum absolute atomic E-state index is 0.200. The van der Waals surface area contributed by atoms with Gasteiger partial charge in [-0.15, -0.1) is 0 Å². The van der Waals surface area contributed by atoms with Crippen molar-refractivity contribution in [2.45, 2.75) is 12.8 Å². The van der Waals surface area contributed by atoms with E-state index in [1.54, 1.807) is 24.3 Å². The molecule has 1 amide bonds. The minimum Gasteiger partial charge on any atom is -0.477 e. The lowest BCUT2D eigenvalue weighted by Crippen LogP contribution is -2.25. The number of amides is 1. The number of hydrogen-bond acceptors (Lipinski definition) is 4. The van der Waals surface area contributed by atoms with Crippen LogP contribution in [0.25, 0.3) is 16.8 Å². The third-order valence-corrected chi connectivity index (χ3v) is 6.34. The molecule has 1 aliphatic rings. The molecule has 4 aromatic rings. The molecule has 0 bridgehead atoms. The number of fused-ring (bicyclic) bond motifs is 2. The number of hydrogen-bond donors (Lipinski definition) is 3. The number of anilines is 3. The topological polar surface area (TPSA) is 93.5 Å². The summed E-state index contributed by atoms with van der Waals surface area (Å²) in [4.78, 5) is 26.8. The Morgan fingerprint density at radius 3 is 2.42 bits per heavy atom. The monoisotopic (exact) mass is 475 g/mol. The number of carbonyl (C=O) groups excluding carboxylic acids is 1. The molecule has 178 valence electrons. The Kier molecular flexibility index (Phi) is 6.33. The lowest BCUT2D eigenvalue weighted by molar-refractivity contribution is -0.129. The Morgan fingerprint density at radius 1 is 0.889 bits per heavy atom. The SMILES string of the molecule is N=C(C(=O)O)/C(=C/c1ccc2c(c1)CCCN2c1ccc2ccccc2c1)C(=O)Nc1ccccc1. The van der Waals surface area contributed by atoms with Gasteiger partial charge in [0.05, 0.1) is 5.57 Å². The van der Waals surface area contributed by atoms with Crippen LogP contribution >= 0.6 is 0 Å². The summed E-state index contributed by atoms with van der Waals surface area (Å²) < 4.78 is 0. The zero-order valence-corrected chi connectivity index (χ0v) is 19.6. The summed E-state index contributed by atoms with van der Waals surface area (Å²) >= 11 is 0. The number of aryl methyl sites for hydroxylation is 1. The maximum Gasteiger partial charge on any atom is 0.354 e. The summed E-state index contributed by atoms with van der Waals surface area (Å²) in [5.74, 6) is -2.09. The minimum atomic E-state index is -1.45. The molecule has 1 aliphatic heterocycles. The van der Waals surface area contributed by atoms with Gasteiger partial charge in [0.15, 0.2) is 5.71 Å². The van der Waals surface area contributed by atoms with E-state index in [1.807, 2.05) is 36.4 Å². The fourth-order valence-corrected chi connectivity index (χ4v) is 4.57. The largest absolute Gasteiger partial charge is 0.477 e. The fourth-order valence-electron chi connectivity index (χ4n) is 4.57. The molecule has 0 saturated heterocycles. The number of carbonyl (C=O) groups is 2. The molecular weight excluding hydrogens is 450 g/mol. The normalized spacial score (nSPS) is 13.2. The first-order valence-electron chi connectivity index (χ1n) is 11.8. The van der Waals surface area contributed by atoms with Gasteiger partial charge >= 0.3 is 5.97 Å². The number of benzene rings is 4. The number of para-hydroxylation sites is 1. The van der Waals surface area contributed by atoms with E-state index in [0.29, 0.717) is 11.3 Å². The summed E-state index contributed by atoms with van der Waals surface area (Å²) in [6, 6.07) is 29.4. The van der Waals surface area contributed by atoms with Gasteiger partial charge in [-0.05, 0) is 77.2 Å². The Balaban J connectivity index is 1.48. The van der Waals surface area contributed by atoms with Crippen molar-refractivity contribution in [1.29, 1.82) is 5.41 Å². The molecule has 0 aromatic heterocycles. The molecule has 5 rings (SSSR count). The van der Waals surface area contributed by atoms with Crippen molar-refractivity contribution in [3.05, 3.63) is 108 Å². The highest BCUT2D eigenvalue weighted by Crippen LogP contribution is 2.35. The van der Waals surface area contributed by atoms with Crippen molar-refractivity contribution in [3.8, 4) is 0 Å². The first-order valence-corrected chi connectivity index (χ1v) is 11.8. The molecule has 1 heterocycles. The predicted molar refractivity (Wildman–Crippen MR) is 144 cm³/mol. The molecular formula is C30H25N3O3. The van der Waals surface area contributed by atoms with Gasteiger partial charge in [-0.2, -0.15) is 0 Å². The number of carboxylic acids is 1. The van der Waals surface area contributed by atoms with E-state index < -0.39 is 17.6 Å². The third kappa shape index (κ3) is 4.74. The van der Waals surface area contributed by atoms with Gasteiger partial charge in [0.2, 0.25) is 0 Å². The molecule has 0 saturated carbocycles. The van der Waals surface area contributed by atoms with E-state index in [4.69, 9.17) is 5.41 Å². The van der Waals surface area contributed by atoms with Crippen molar-refractivity contribution in [2.75, 3.05) is 16.8 Å². The van der Waals surface area contributed by atoms with E-state index in [1.165, 1.54) is 16.8 Å². The lowest BCUT2D eigenvalue weighted by atomic mass is 9.96. The van der Waals surface area contributed by atoms with Gasteiger partial charge in [-0.1, -0.05) is 54.6 Å². The standard InChI is InChI=1S/C30H25N3O3/c31-28(30(35)36)26(29(34)32-24-10-2-1-3-11-24)18-20-12-15-27-23(17-20)9-6-16-33(27)25-14-13-21-7-4-5-8-22(21)19-25/h1-5,7-8,10-15,17-19,31H,6,9,16H2,(H,32,34)(H,35,36)/b26-18-,31-28?. The van der Waals surface area contributed by atoms with E-state index in [9.17, 15) is 14.7 Å². The molecule has 36 heavy (non-hydrogen) atoms. The number of aliphatic carboxylic acids is 1. The van der Waals surface area contributed by atoms with Crippen LogP contribution in [-0.4, -0.2) is 29.2 Å². The van der Waals surface area contributed by atoms with Crippen molar-refractivity contribution in [3.63, 3.8) is 0 Å². The maximum atomic E-state index is 12.9. The molecule has 0 aliphatic carbocycles. The van der Waals surface area contributed by atoms with Crippen LogP contribution < -0.4 is 10.2 Å². The van der Waals surface area contributed by atoms with Gasteiger partial charge in [0.25, 0.3) is 5.91 Å². The van der Waals surface area contributed by atoms with Gasteiger partial charge < -0.3 is 15.3 Å². The van der Waals surface area contributed by atoms with Gasteiger partial charge in [-0.25, -0.2) is 4.79 Å². The average molecular weight is 476 g/mol. The molecule has 4 aromatic carbocycles. The third-order valence-electron chi connectivity index (χ3n) is 6.34. The van der Waals surface area contributed by atoms with E-state index in [-0.39, 0.29) is 5.57 Å². The van der Waals surface area contributed by atoms with E-state index in [2.05, 4.69) is 40.5 Å². The maximum absolute atomic E-state index is 12.9. The summed E-state index contributed by atoms with van der Waals surface area (Å²) in [5, 5.41) is 22.5. The first-order chi connectivity index (χ1) is 17.5. The van der Waals surface area contributed by atoms with Crippen LogP contribution in [0.4, 0.5) is 17.1 Å². The highest BCUT2D eigenvalue weighted by molar-refractivity contribution is 6.50. The quantitative estimate of drug-likeness (QED) is 0.234. The zero-order valence-electron chi connectivity index (χ0n) is 19.6. The Morgan fingerprint density at radius 2 is 1.64 bits per heavy atom. The lowest BCUT2D eigenvalue weighted by Gasteiger charge is -2.32. The number of nitrogens with one attached hydrogen (secondary N) is 2. The van der Waals surface area contributed by atoms with Crippen LogP contribution in [0.5, 0.6) is 0 Å². The first kappa shape index (κ1) is 23.1. The molecule has 6 nitrogen and oxygen atoms in total. The van der Waals surface area contributed by atoms with Crippen molar-refractivity contribution < 1.29 is 14.7 Å². The van der Waals surface area contributed by atoms with Crippen molar-refractivity contribution in [2.24, 2.45) is 0 Å². The average Bonchev–Trinajstić information content (AvgIpc) is 2.91. The van der Waals surface area contributed by atoms with Crippen molar-refractivity contribution in [1.82, 2.24) is 0 Å². The van der Waals surface area contributed by atoms with Crippen LogP contribution in [0.1, 0.15) is 17.5 Å². The van der Waals surface area contributed by atoms with Crippen LogP contribution in [0.15, 0.2) is 96.6 Å². The zero-order chi connectivity index (χ0) is 25.1. The summed E-state index contributed by atoms with van der Waals surface area (Å²) in [5.41, 5.74) is 3.59. The molecule has 0 unspecified atom stereocenters. The second-order valence-corrected chi connectivity index (χ2v) is 8.73. The molecule has 0 spiro atoms. The summed E-state index contributed by atoms with van der Waals surface area (Å²) in [6.45, 7) is 0.898. The predicted octanol–water partition coefficient (Wildman–Crippen LogP) is 6.05. The molecule has 0 atom stereocenters. The van der Waals surface area contributed by atoms with Crippen LogP contribution in [0.2, 0.25) is 0 Å². The van der Waals surface area contributed by atoms with Crippen LogP contribution in [-0.2, 0) is 16.0 Å². The Bertz CT molecular complexity index is 1510. The fraction of sp³-hybridized carbons (Fsp3) is 0.100. The van der Waals surface area contributed by atoms with Crippen molar-refractivity contribution >= 4 is 51.5 Å². The molecule has 3 N–H and O–H groups in total.